The van der Waals surface area contributed by atoms with Gasteiger partial charge in [-0.3, -0.25) is 15.0 Å². The number of aromatic nitrogens is 1. The standard InChI is InChI=1S/C25H30N6O3/c1-16-8-11-19(31(33)34)14-22(16)30(25(26)32)18-12-9-17(10-13-18)27-24-15-23(29(2)3)20-6-4-5-7-21(20)28-24/h4-8,11,14-15,17-18H,9-10,12-13H2,1-3H3,(H2,26,32)(H,27,28). The molecule has 0 aliphatic heterocycles. The van der Waals surface area contributed by atoms with Crippen LogP contribution >= 0.6 is 0 Å². The zero-order chi connectivity index (χ0) is 24.4. The lowest BCUT2D eigenvalue weighted by Gasteiger charge is -2.37. The number of urea groups is 1. The monoisotopic (exact) mass is 462 g/mol. The van der Waals surface area contributed by atoms with Gasteiger partial charge < -0.3 is 16.0 Å². The lowest BCUT2D eigenvalue weighted by molar-refractivity contribution is -0.384. The number of amides is 2. The first-order chi connectivity index (χ1) is 16.2. The van der Waals surface area contributed by atoms with Gasteiger partial charge in [0.15, 0.2) is 0 Å². The summed E-state index contributed by atoms with van der Waals surface area (Å²) in [4.78, 5) is 31.6. The van der Waals surface area contributed by atoms with Gasteiger partial charge in [0.1, 0.15) is 5.82 Å². The number of pyridine rings is 1. The highest BCUT2D eigenvalue weighted by Crippen LogP contribution is 2.34. The van der Waals surface area contributed by atoms with Crippen molar-refractivity contribution in [3.63, 3.8) is 0 Å². The minimum Gasteiger partial charge on any atom is -0.377 e. The third-order valence-electron chi connectivity index (χ3n) is 6.49. The SMILES string of the molecule is Cc1ccc([N+](=O)[O-])cc1N(C(N)=O)C1CCC(Nc2cc(N(C)C)c3ccccc3n2)CC1. The van der Waals surface area contributed by atoms with E-state index in [4.69, 9.17) is 10.7 Å². The number of carbonyl (C=O) groups is 1. The van der Waals surface area contributed by atoms with Crippen LogP contribution in [0.4, 0.5) is 27.7 Å². The molecule has 2 aromatic carbocycles. The molecule has 1 fully saturated rings. The summed E-state index contributed by atoms with van der Waals surface area (Å²) in [5, 5.41) is 15.9. The largest absolute Gasteiger partial charge is 0.377 e. The molecule has 0 saturated heterocycles. The number of fused-ring (bicyclic) bond motifs is 1. The Labute approximate surface area is 198 Å². The van der Waals surface area contributed by atoms with Crippen molar-refractivity contribution in [3.8, 4) is 0 Å². The van der Waals surface area contributed by atoms with E-state index >= 15 is 0 Å². The Balaban J connectivity index is 1.50. The maximum atomic E-state index is 12.4. The summed E-state index contributed by atoms with van der Waals surface area (Å²) in [5.74, 6) is 0.826. The molecule has 2 amide bonds. The van der Waals surface area contributed by atoms with Crippen LogP contribution in [0.3, 0.4) is 0 Å². The average molecular weight is 463 g/mol. The van der Waals surface area contributed by atoms with Crippen molar-refractivity contribution in [2.45, 2.75) is 44.7 Å². The third-order valence-corrected chi connectivity index (χ3v) is 6.49. The second-order valence-electron chi connectivity index (χ2n) is 9.02. The van der Waals surface area contributed by atoms with Crippen molar-refractivity contribution in [3.05, 3.63) is 64.2 Å². The molecule has 4 rings (SSSR count). The Morgan fingerprint density at radius 2 is 1.79 bits per heavy atom. The Bertz CT molecular complexity index is 1220. The molecule has 1 aromatic heterocycles. The Morgan fingerprint density at radius 3 is 2.44 bits per heavy atom. The van der Waals surface area contributed by atoms with Crippen LogP contribution in [0, 0.1) is 17.0 Å². The van der Waals surface area contributed by atoms with Gasteiger partial charge in [-0.2, -0.15) is 0 Å². The number of nitro groups is 1. The van der Waals surface area contributed by atoms with Gasteiger partial charge in [-0.25, -0.2) is 9.78 Å². The van der Waals surface area contributed by atoms with E-state index in [1.165, 1.54) is 17.0 Å². The number of aryl methyl sites for hydroxylation is 1. The van der Waals surface area contributed by atoms with E-state index in [0.29, 0.717) is 5.69 Å². The fraction of sp³-hybridized carbons (Fsp3) is 0.360. The first-order valence-corrected chi connectivity index (χ1v) is 11.4. The fourth-order valence-electron chi connectivity index (χ4n) is 4.75. The van der Waals surface area contributed by atoms with Crippen LogP contribution < -0.4 is 20.9 Å². The number of hydrogen-bond acceptors (Lipinski definition) is 6. The summed E-state index contributed by atoms with van der Waals surface area (Å²) in [6.45, 7) is 1.83. The number of hydrogen-bond donors (Lipinski definition) is 2. The molecular weight excluding hydrogens is 432 g/mol. The van der Waals surface area contributed by atoms with E-state index < -0.39 is 11.0 Å². The van der Waals surface area contributed by atoms with Gasteiger partial charge in [0.05, 0.1) is 16.1 Å². The molecule has 9 heteroatoms. The molecule has 34 heavy (non-hydrogen) atoms. The van der Waals surface area contributed by atoms with Gasteiger partial charge in [-0.15, -0.1) is 0 Å². The predicted molar refractivity (Wildman–Crippen MR) is 136 cm³/mol. The highest BCUT2D eigenvalue weighted by Gasteiger charge is 2.31. The van der Waals surface area contributed by atoms with Gasteiger partial charge >= 0.3 is 6.03 Å². The number of nitro benzene ring substituents is 1. The summed E-state index contributed by atoms with van der Waals surface area (Å²) in [5.41, 5.74) is 9.00. The molecule has 1 aliphatic rings. The molecule has 0 atom stereocenters. The molecule has 0 radical (unpaired) electrons. The second-order valence-corrected chi connectivity index (χ2v) is 9.02. The number of nitrogens with zero attached hydrogens (tertiary/aromatic N) is 4. The van der Waals surface area contributed by atoms with E-state index in [1.807, 2.05) is 39.2 Å². The summed E-state index contributed by atoms with van der Waals surface area (Å²) in [6, 6.07) is 14.2. The van der Waals surface area contributed by atoms with Crippen LogP contribution in [-0.2, 0) is 0 Å². The van der Waals surface area contributed by atoms with Gasteiger partial charge in [-0.1, -0.05) is 24.3 Å². The zero-order valence-corrected chi connectivity index (χ0v) is 19.7. The minimum absolute atomic E-state index is 0.0544. The van der Waals surface area contributed by atoms with Gasteiger partial charge in [0.25, 0.3) is 5.69 Å². The van der Waals surface area contributed by atoms with Crippen LogP contribution in [0.2, 0.25) is 0 Å². The Morgan fingerprint density at radius 1 is 1.09 bits per heavy atom. The molecule has 0 bridgehead atoms. The van der Waals surface area contributed by atoms with E-state index in [0.717, 1.165) is 53.7 Å². The molecule has 3 N–H and O–H groups in total. The van der Waals surface area contributed by atoms with E-state index in [1.54, 1.807) is 6.07 Å². The van der Waals surface area contributed by atoms with Crippen molar-refractivity contribution < 1.29 is 9.72 Å². The van der Waals surface area contributed by atoms with Crippen molar-refractivity contribution >= 4 is 39.8 Å². The van der Waals surface area contributed by atoms with Crippen molar-refractivity contribution in [1.29, 1.82) is 0 Å². The second kappa shape index (κ2) is 9.54. The Hall–Kier alpha value is -3.88. The quantitative estimate of drug-likeness (QED) is 0.400. The number of carbonyl (C=O) groups excluding carboxylic acids is 1. The van der Waals surface area contributed by atoms with Gasteiger partial charge in [0, 0.05) is 55.5 Å². The number of anilines is 3. The van der Waals surface area contributed by atoms with Gasteiger partial charge in [0.2, 0.25) is 0 Å². The highest BCUT2D eigenvalue weighted by atomic mass is 16.6. The smallest absolute Gasteiger partial charge is 0.319 e. The summed E-state index contributed by atoms with van der Waals surface area (Å²) in [6.07, 6.45) is 3.12. The molecule has 0 unspecified atom stereocenters. The van der Waals surface area contributed by atoms with Crippen LogP contribution in [0.1, 0.15) is 31.2 Å². The normalized spacial score (nSPS) is 17.9. The first-order valence-electron chi connectivity index (χ1n) is 11.4. The van der Waals surface area contributed by atoms with Gasteiger partial charge in [-0.05, 0) is 44.2 Å². The predicted octanol–water partition coefficient (Wildman–Crippen LogP) is 4.83. The van der Waals surface area contributed by atoms with Crippen molar-refractivity contribution in [1.82, 2.24) is 4.98 Å². The average Bonchev–Trinajstić information content (AvgIpc) is 2.80. The lowest BCUT2D eigenvalue weighted by atomic mass is 9.89. The molecule has 0 spiro atoms. The summed E-state index contributed by atoms with van der Waals surface area (Å²) < 4.78 is 0. The summed E-state index contributed by atoms with van der Waals surface area (Å²) in [7, 11) is 4.04. The number of rotatable bonds is 6. The van der Waals surface area contributed by atoms with E-state index in [2.05, 4.69) is 22.3 Å². The van der Waals surface area contributed by atoms with E-state index in [-0.39, 0.29) is 17.8 Å². The summed E-state index contributed by atoms with van der Waals surface area (Å²) >= 11 is 0. The minimum atomic E-state index is -0.591. The van der Waals surface area contributed by atoms with Crippen LogP contribution in [-0.4, -0.2) is 42.1 Å². The lowest BCUT2D eigenvalue weighted by Crippen LogP contribution is -2.47. The maximum absolute atomic E-state index is 12.4. The van der Waals surface area contributed by atoms with Crippen molar-refractivity contribution in [2.75, 3.05) is 29.2 Å². The van der Waals surface area contributed by atoms with Crippen LogP contribution in [0.5, 0.6) is 0 Å². The number of nitrogens with one attached hydrogen (secondary N) is 1. The molecule has 3 aromatic rings. The highest BCUT2D eigenvalue weighted by molar-refractivity contribution is 5.94. The van der Waals surface area contributed by atoms with Crippen LogP contribution in [0.15, 0.2) is 48.5 Å². The topological polar surface area (TPSA) is 118 Å². The number of para-hydroxylation sites is 1. The van der Waals surface area contributed by atoms with Crippen molar-refractivity contribution in [2.24, 2.45) is 5.73 Å². The fourth-order valence-corrected chi connectivity index (χ4v) is 4.75. The first kappa shape index (κ1) is 23.3. The molecule has 9 nitrogen and oxygen atoms in total. The van der Waals surface area contributed by atoms with Crippen LogP contribution in [0.25, 0.3) is 10.9 Å². The third kappa shape index (κ3) is 4.73. The number of benzene rings is 2. The maximum Gasteiger partial charge on any atom is 0.319 e. The van der Waals surface area contributed by atoms with E-state index in [9.17, 15) is 14.9 Å². The number of non-ortho nitro benzene ring substituents is 1. The zero-order valence-electron chi connectivity index (χ0n) is 19.7. The molecule has 1 aliphatic carbocycles. The Kier molecular flexibility index (Phi) is 6.54. The number of primary amides is 1. The molecular formula is C25H30N6O3. The number of nitrogens with two attached hydrogens (primary N) is 1. The molecule has 1 heterocycles. The molecule has 1 saturated carbocycles. The molecule has 178 valence electrons.